The maximum Gasteiger partial charge on any atom is 0.315 e. The van der Waals surface area contributed by atoms with Gasteiger partial charge in [-0.2, -0.15) is 4.98 Å². The Morgan fingerprint density at radius 1 is 1.33 bits per heavy atom. The molecular formula is C19H23FN4O3. The lowest BCUT2D eigenvalue weighted by molar-refractivity contribution is 0.0503. The van der Waals surface area contributed by atoms with Crippen molar-refractivity contribution in [3.63, 3.8) is 0 Å². The van der Waals surface area contributed by atoms with Crippen LogP contribution in [0.1, 0.15) is 48.5 Å². The maximum atomic E-state index is 13.4. The highest BCUT2D eigenvalue weighted by atomic mass is 19.1. The Hall–Kier alpha value is -2.48. The van der Waals surface area contributed by atoms with E-state index in [-0.39, 0.29) is 35.8 Å². The highest BCUT2D eigenvalue weighted by molar-refractivity contribution is 5.75. The van der Waals surface area contributed by atoms with Crippen LogP contribution >= 0.6 is 0 Å². The molecule has 1 aromatic carbocycles. The van der Waals surface area contributed by atoms with Crippen LogP contribution in [-0.2, 0) is 4.74 Å². The Labute approximate surface area is 156 Å². The zero-order valence-electron chi connectivity index (χ0n) is 15.2. The Kier molecular flexibility index (Phi) is 5.07. The lowest BCUT2D eigenvalue weighted by Crippen LogP contribution is -2.43. The van der Waals surface area contributed by atoms with Crippen molar-refractivity contribution in [1.29, 1.82) is 0 Å². The number of aryl methyl sites for hydroxylation is 1. The van der Waals surface area contributed by atoms with E-state index in [1.54, 1.807) is 13.0 Å². The lowest BCUT2D eigenvalue weighted by Gasteiger charge is -2.28. The van der Waals surface area contributed by atoms with Gasteiger partial charge in [-0.25, -0.2) is 9.18 Å². The van der Waals surface area contributed by atoms with E-state index in [0.29, 0.717) is 24.9 Å². The van der Waals surface area contributed by atoms with Gasteiger partial charge in [0.05, 0.1) is 0 Å². The molecule has 27 heavy (non-hydrogen) atoms. The van der Waals surface area contributed by atoms with Crippen LogP contribution in [0.4, 0.5) is 9.18 Å². The third-order valence-electron chi connectivity index (χ3n) is 5.22. The molecule has 0 bridgehead atoms. The molecule has 3 atom stereocenters. The monoisotopic (exact) mass is 374 g/mol. The van der Waals surface area contributed by atoms with Crippen molar-refractivity contribution < 1.29 is 18.4 Å². The number of rotatable bonds is 5. The number of carbonyl (C=O) groups excluding carboxylic acids is 1. The topological polar surface area (TPSA) is 89.3 Å². The van der Waals surface area contributed by atoms with Crippen LogP contribution in [0.3, 0.4) is 0 Å². The third kappa shape index (κ3) is 4.27. The zero-order valence-corrected chi connectivity index (χ0v) is 15.2. The van der Waals surface area contributed by atoms with Crippen LogP contribution in [0, 0.1) is 18.7 Å². The molecule has 1 aliphatic carbocycles. The first-order chi connectivity index (χ1) is 13.1. The van der Waals surface area contributed by atoms with Gasteiger partial charge in [-0.3, -0.25) is 0 Å². The number of urea groups is 1. The summed E-state index contributed by atoms with van der Waals surface area (Å²) in [6.45, 7) is 3.06. The maximum absolute atomic E-state index is 13.4. The normalized spacial score (nSPS) is 23.6. The van der Waals surface area contributed by atoms with E-state index in [9.17, 15) is 9.18 Å². The summed E-state index contributed by atoms with van der Waals surface area (Å²) < 4.78 is 24.1. The second kappa shape index (κ2) is 7.64. The van der Waals surface area contributed by atoms with E-state index in [1.165, 1.54) is 12.1 Å². The fourth-order valence-corrected chi connectivity index (χ4v) is 3.68. The fraction of sp³-hybridized carbons (Fsp3) is 0.526. The van der Waals surface area contributed by atoms with E-state index in [2.05, 4.69) is 20.8 Å². The summed E-state index contributed by atoms with van der Waals surface area (Å²) in [5, 5.41) is 9.82. The molecule has 1 saturated carbocycles. The molecular weight excluding hydrogens is 351 g/mol. The smallest absolute Gasteiger partial charge is 0.315 e. The molecule has 1 aromatic heterocycles. The van der Waals surface area contributed by atoms with E-state index in [0.717, 1.165) is 24.8 Å². The van der Waals surface area contributed by atoms with Gasteiger partial charge in [-0.15, -0.1) is 0 Å². The number of ether oxygens (including phenoxy) is 1. The molecule has 0 radical (unpaired) electrons. The summed E-state index contributed by atoms with van der Waals surface area (Å²) in [6.07, 6.45) is 2.45. The van der Waals surface area contributed by atoms with E-state index < -0.39 is 0 Å². The van der Waals surface area contributed by atoms with Crippen LogP contribution in [-0.4, -0.2) is 35.4 Å². The molecule has 1 unspecified atom stereocenters. The Morgan fingerprint density at radius 3 is 2.85 bits per heavy atom. The van der Waals surface area contributed by atoms with Crippen LogP contribution in [0.25, 0.3) is 0 Å². The molecule has 2 aliphatic rings. The minimum atomic E-state index is -0.346. The quantitative estimate of drug-likeness (QED) is 0.840. The number of nitrogens with one attached hydrogen (secondary N) is 2. The van der Waals surface area contributed by atoms with E-state index >= 15 is 0 Å². The highest BCUT2D eigenvalue weighted by Crippen LogP contribution is 2.41. The van der Waals surface area contributed by atoms with E-state index in [1.807, 2.05) is 6.07 Å². The van der Waals surface area contributed by atoms with Crippen LogP contribution < -0.4 is 10.6 Å². The second-order valence-corrected chi connectivity index (χ2v) is 7.23. The van der Waals surface area contributed by atoms with Gasteiger partial charge in [0.25, 0.3) is 0 Å². The molecule has 2 amide bonds. The van der Waals surface area contributed by atoms with Gasteiger partial charge in [0.15, 0.2) is 5.82 Å². The molecule has 1 aliphatic heterocycles. The number of carbonyl (C=O) groups is 1. The molecule has 4 rings (SSSR count). The first-order valence-corrected chi connectivity index (χ1v) is 9.30. The Bertz CT molecular complexity index is 806. The Morgan fingerprint density at radius 2 is 2.15 bits per heavy atom. The predicted molar refractivity (Wildman–Crippen MR) is 94.5 cm³/mol. The number of hydrogen-bond donors (Lipinski definition) is 2. The average Bonchev–Trinajstić information content (AvgIpc) is 3.30. The molecule has 7 nitrogen and oxygen atoms in total. The number of hydrogen-bond acceptors (Lipinski definition) is 5. The second-order valence-electron chi connectivity index (χ2n) is 7.23. The molecule has 2 heterocycles. The number of amides is 2. The third-order valence-corrected chi connectivity index (χ3v) is 5.22. The van der Waals surface area contributed by atoms with Gasteiger partial charge in [0, 0.05) is 25.2 Å². The standard InChI is InChI=1S/C19H23FN4O3/c1-11-21-18(27-24-11)17(12-5-7-26-8-6-12)23-19(25)22-16-10-15(16)13-3-2-4-14(20)9-13/h2-4,9,12,15-17H,5-8,10H2,1H3,(H2,22,23,25)/t15-,16+,17?/m0/s1. The highest BCUT2D eigenvalue weighted by Gasteiger charge is 2.40. The first-order valence-electron chi connectivity index (χ1n) is 9.30. The lowest BCUT2D eigenvalue weighted by atomic mass is 9.91. The molecule has 1 saturated heterocycles. The summed E-state index contributed by atoms with van der Waals surface area (Å²) in [4.78, 5) is 16.9. The van der Waals surface area contributed by atoms with Crippen molar-refractivity contribution in [2.24, 2.45) is 5.92 Å². The molecule has 2 aromatic rings. The van der Waals surface area contributed by atoms with Crippen LogP contribution in [0.15, 0.2) is 28.8 Å². The molecule has 2 fully saturated rings. The van der Waals surface area contributed by atoms with Gasteiger partial charge >= 0.3 is 6.03 Å². The summed E-state index contributed by atoms with van der Waals surface area (Å²) in [7, 11) is 0. The van der Waals surface area contributed by atoms with Gasteiger partial charge in [0.1, 0.15) is 11.9 Å². The summed E-state index contributed by atoms with van der Waals surface area (Å²) >= 11 is 0. The summed E-state index contributed by atoms with van der Waals surface area (Å²) in [6, 6.07) is 5.92. The van der Waals surface area contributed by atoms with Gasteiger partial charge in [0.2, 0.25) is 5.89 Å². The fourth-order valence-electron chi connectivity index (χ4n) is 3.68. The molecule has 0 spiro atoms. The van der Waals surface area contributed by atoms with Crippen molar-refractivity contribution >= 4 is 6.03 Å². The summed E-state index contributed by atoms with van der Waals surface area (Å²) in [5.74, 6) is 1.04. The van der Waals surface area contributed by atoms with Crippen LogP contribution in [0.2, 0.25) is 0 Å². The zero-order chi connectivity index (χ0) is 18.8. The largest absolute Gasteiger partial charge is 0.381 e. The van der Waals surface area contributed by atoms with Crippen molar-refractivity contribution in [2.45, 2.75) is 44.2 Å². The summed E-state index contributed by atoms with van der Waals surface area (Å²) in [5.41, 5.74) is 0.911. The van der Waals surface area contributed by atoms with Crippen molar-refractivity contribution in [3.05, 3.63) is 47.4 Å². The van der Waals surface area contributed by atoms with Gasteiger partial charge in [-0.05, 0) is 49.8 Å². The average molecular weight is 374 g/mol. The van der Waals surface area contributed by atoms with E-state index in [4.69, 9.17) is 9.26 Å². The number of benzene rings is 1. The van der Waals surface area contributed by atoms with Crippen molar-refractivity contribution in [2.75, 3.05) is 13.2 Å². The van der Waals surface area contributed by atoms with Crippen LogP contribution in [0.5, 0.6) is 0 Å². The molecule has 144 valence electrons. The van der Waals surface area contributed by atoms with Crippen molar-refractivity contribution in [1.82, 2.24) is 20.8 Å². The Balaban J connectivity index is 1.38. The number of aromatic nitrogens is 2. The first kappa shape index (κ1) is 17.9. The van der Waals surface area contributed by atoms with Gasteiger partial charge < -0.3 is 19.9 Å². The van der Waals surface area contributed by atoms with Crippen molar-refractivity contribution in [3.8, 4) is 0 Å². The molecule has 8 heteroatoms. The molecule has 2 N–H and O–H groups in total. The van der Waals surface area contributed by atoms with Gasteiger partial charge in [-0.1, -0.05) is 17.3 Å². The number of halogens is 1. The number of nitrogens with zero attached hydrogens (tertiary/aromatic N) is 2. The minimum Gasteiger partial charge on any atom is -0.381 e. The predicted octanol–water partition coefficient (Wildman–Crippen LogP) is 2.84. The SMILES string of the molecule is Cc1noc(C(NC(=O)N[C@@H]2C[C@H]2c2cccc(F)c2)C2CCOCC2)n1. The minimum absolute atomic E-state index is 0.00607.